The van der Waals surface area contributed by atoms with Crippen LogP contribution in [0.5, 0.6) is 17.2 Å². The zero-order valence-electron chi connectivity index (χ0n) is 19.8. The molecule has 192 valence electrons. The second-order valence-corrected chi connectivity index (χ2v) is 10.8. The molecule has 3 aromatic rings. The molecule has 0 spiro atoms. The number of sulfonamides is 1. The Balaban J connectivity index is 1.76. The van der Waals surface area contributed by atoms with Crippen LogP contribution in [-0.4, -0.2) is 53.8 Å². The minimum atomic E-state index is -4.27. The summed E-state index contributed by atoms with van der Waals surface area (Å²) in [5.74, 6) is 0.185. The van der Waals surface area contributed by atoms with Gasteiger partial charge in [0.25, 0.3) is 10.0 Å². The lowest BCUT2D eigenvalue weighted by atomic mass is 10.0. The van der Waals surface area contributed by atoms with Crippen molar-refractivity contribution in [2.75, 3.05) is 39.1 Å². The monoisotopic (exact) mass is 554 g/mol. The molecule has 1 aliphatic heterocycles. The van der Waals surface area contributed by atoms with Crippen LogP contribution in [0.1, 0.15) is 6.42 Å². The molecule has 0 radical (unpaired) electrons. The van der Waals surface area contributed by atoms with Crippen LogP contribution < -0.4 is 18.9 Å². The van der Waals surface area contributed by atoms with E-state index in [9.17, 15) is 12.8 Å². The van der Waals surface area contributed by atoms with Crippen LogP contribution in [0.15, 0.2) is 53.4 Å². The Kier molecular flexibility index (Phi) is 7.85. The maximum Gasteiger partial charge on any atom is 0.264 e. The van der Waals surface area contributed by atoms with Gasteiger partial charge in [-0.1, -0.05) is 35.3 Å². The number of anilines is 1. The first-order valence-corrected chi connectivity index (χ1v) is 13.2. The predicted molar refractivity (Wildman–Crippen MR) is 139 cm³/mol. The van der Waals surface area contributed by atoms with Crippen molar-refractivity contribution in [3.8, 4) is 28.4 Å². The van der Waals surface area contributed by atoms with Gasteiger partial charge in [-0.25, -0.2) is 12.8 Å². The van der Waals surface area contributed by atoms with Gasteiger partial charge in [-0.3, -0.25) is 4.72 Å². The van der Waals surface area contributed by atoms with Crippen LogP contribution in [0.2, 0.25) is 10.0 Å². The average molecular weight is 555 g/mol. The molecule has 0 bridgehead atoms. The van der Waals surface area contributed by atoms with Crippen molar-refractivity contribution in [3.05, 3.63) is 64.4 Å². The molecule has 3 aromatic carbocycles. The summed E-state index contributed by atoms with van der Waals surface area (Å²) < 4.78 is 60.2. The standard InChI is InChI=1S/C25H25Cl2FN2O5S/c1-30-11-10-18(14-30)35-21-12-17(8-9-20(21)26)29-36(31,32)25-19(15-4-6-16(28)7-5-15)13-22(33-2)24(34-3)23(25)27/h4-9,12-13,18,29H,10-11,14H2,1-3H3/t18-/m1/s1. The quantitative estimate of drug-likeness (QED) is 0.385. The highest BCUT2D eigenvalue weighted by atomic mass is 35.5. The summed E-state index contributed by atoms with van der Waals surface area (Å²) in [6.07, 6.45) is 0.787. The molecule has 1 atom stereocenters. The molecule has 7 nitrogen and oxygen atoms in total. The molecule has 0 aromatic heterocycles. The summed E-state index contributed by atoms with van der Waals surface area (Å²) in [6.45, 7) is 1.65. The summed E-state index contributed by atoms with van der Waals surface area (Å²) >= 11 is 12.9. The molecule has 0 unspecified atom stereocenters. The largest absolute Gasteiger partial charge is 0.493 e. The van der Waals surface area contributed by atoms with Gasteiger partial charge in [-0.05, 0) is 49.4 Å². The Labute approximate surface area is 219 Å². The number of hydrogen-bond acceptors (Lipinski definition) is 6. The first-order valence-electron chi connectivity index (χ1n) is 11.0. The van der Waals surface area contributed by atoms with Crippen LogP contribution in [0.25, 0.3) is 11.1 Å². The van der Waals surface area contributed by atoms with Gasteiger partial charge in [0, 0.05) is 24.7 Å². The number of hydrogen-bond donors (Lipinski definition) is 1. The van der Waals surface area contributed by atoms with Crippen molar-refractivity contribution >= 4 is 38.9 Å². The summed E-state index contributed by atoms with van der Waals surface area (Å²) in [5.41, 5.74) is 0.867. The number of rotatable bonds is 8. The average Bonchev–Trinajstić information content (AvgIpc) is 3.25. The van der Waals surface area contributed by atoms with E-state index in [0.29, 0.717) is 16.3 Å². The van der Waals surface area contributed by atoms with Crippen molar-refractivity contribution in [2.24, 2.45) is 0 Å². The van der Waals surface area contributed by atoms with E-state index in [4.69, 9.17) is 37.4 Å². The fraction of sp³-hybridized carbons (Fsp3) is 0.280. The number of ether oxygens (including phenoxy) is 3. The highest BCUT2D eigenvalue weighted by Crippen LogP contribution is 2.46. The van der Waals surface area contributed by atoms with Gasteiger partial charge in [0.05, 0.1) is 24.9 Å². The Hall–Kier alpha value is -2.72. The number of nitrogens with one attached hydrogen (secondary N) is 1. The number of likely N-dealkylation sites (tertiary alicyclic amines) is 1. The molecular formula is C25H25Cl2FN2O5S. The van der Waals surface area contributed by atoms with Gasteiger partial charge in [0.1, 0.15) is 27.6 Å². The fourth-order valence-corrected chi connectivity index (χ4v) is 6.15. The van der Waals surface area contributed by atoms with Crippen molar-refractivity contribution < 1.29 is 27.0 Å². The van der Waals surface area contributed by atoms with Crippen LogP contribution in [0, 0.1) is 5.82 Å². The summed E-state index contributed by atoms with van der Waals surface area (Å²) in [4.78, 5) is 1.89. The van der Waals surface area contributed by atoms with Gasteiger partial charge in [-0.15, -0.1) is 0 Å². The lowest BCUT2D eigenvalue weighted by Gasteiger charge is -2.19. The van der Waals surface area contributed by atoms with Crippen LogP contribution in [-0.2, 0) is 10.0 Å². The maximum atomic E-state index is 13.7. The Morgan fingerprint density at radius 3 is 2.36 bits per heavy atom. The van der Waals surface area contributed by atoms with Gasteiger partial charge in [-0.2, -0.15) is 0 Å². The summed E-state index contributed by atoms with van der Waals surface area (Å²) in [6, 6.07) is 11.5. The molecule has 0 amide bonds. The van der Waals surface area contributed by atoms with Gasteiger partial charge in [0.15, 0.2) is 11.5 Å². The molecule has 1 aliphatic rings. The molecular weight excluding hydrogens is 530 g/mol. The highest BCUT2D eigenvalue weighted by Gasteiger charge is 2.29. The molecule has 11 heteroatoms. The van der Waals surface area contributed by atoms with Gasteiger partial charge >= 0.3 is 0 Å². The van der Waals surface area contributed by atoms with Crippen LogP contribution in [0.3, 0.4) is 0 Å². The van der Waals surface area contributed by atoms with E-state index < -0.39 is 15.8 Å². The Morgan fingerprint density at radius 1 is 1.03 bits per heavy atom. The van der Waals surface area contributed by atoms with Crippen LogP contribution >= 0.6 is 23.2 Å². The predicted octanol–water partition coefficient (Wildman–Crippen LogP) is 5.70. The molecule has 1 saturated heterocycles. The number of likely N-dealkylation sites (N-methyl/N-ethyl adjacent to an activating group) is 1. The lowest BCUT2D eigenvalue weighted by molar-refractivity contribution is 0.208. The SMILES string of the molecule is COc1cc(-c2ccc(F)cc2)c(S(=O)(=O)Nc2ccc(Cl)c(O[C@@H]3CCN(C)C3)c2)c(Cl)c1OC. The Morgan fingerprint density at radius 2 is 1.75 bits per heavy atom. The van der Waals surface area contributed by atoms with Gasteiger partial charge in [0.2, 0.25) is 0 Å². The second-order valence-electron chi connectivity index (χ2n) is 8.35. The summed E-state index contributed by atoms with van der Waals surface area (Å²) in [7, 11) is 0.492. The number of halogens is 3. The van der Waals surface area contributed by atoms with E-state index in [1.165, 1.54) is 56.7 Å². The van der Waals surface area contributed by atoms with E-state index in [-0.39, 0.29) is 38.8 Å². The molecule has 4 rings (SSSR count). The minimum Gasteiger partial charge on any atom is -0.493 e. The van der Waals surface area contributed by atoms with E-state index in [0.717, 1.165) is 19.5 Å². The smallest absolute Gasteiger partial charge is 0.264 e. The first kappa shape index (κ1) is 26.3. The van der Waals surface area contributed by atoms with Crippen molar-refractivity contribution in [3.63, 3.8) is 0 Å². The van der Waals surface area contributed by atoms with E-state index in [1.54, 1.807) is 6.07 Å². The second kappa shape index (κ2) is 10.7. The zero-order chi connectivity index (χ0) is 26.0. The Bertz CT molecular complexity index is 1370. The van der Waals surface area contributed by atoms with E-state index >= 15 is 0 Å². The van der Waals surface area contributed by atoms with Crippen molar-refractivity contribution in [1.29, 1.82) is 0 Å². The molecule has 0 saturated carbocycles. The van der Waals surface area contributed by atoms with Crippen molar-refractivity contribution in [2.45, 2.75) is 17.4 Å². The third-order valence-electron chi connectivity index (χ3n) is 5.82. The minimum absolute atomic E-state index is 0.0512. The normalized spacial score (nSPS) is 16.1. The van der Waals surface area contributed by atoms with E-state index in [1.807, 2.05) is 7.05 Å². The van der Waals surface area contributed by atoms with Crippen molar-refractivity contribution in [1.82, 2.24) is 4.90 Å². The number of benzene rings is 3. The number of nitrogens with zero attached hydrogens (tertiary/aromatic N) is 1. The molecule has 0 aliphatic carbocycles. The third kappa shape index (κ3) is 5.49. The zero-order valence-corrected chi connectivity index (χ0v) is 22.2. The molecule has 1 heterocycles. The maximum absolute atomic E-state index is 13.7. The molecule has 36 heavy (non-hydrogen) atoms. The third-order valence-corrected chi connectivity index (χ3v) is 8.07. The first-order chi connectivity index (χ1) is 17.1. The highest BCUT2D eigenvalue weighted by molar-refractivity contribution is 7.93. The fourth-order valence-electron chi connectivity index (χ4n) is 4.07. The molecule has 1 N–H and O–H groups in total. The molecule has 1 fully saturated rings. The van der Waals surface area contributed by atoms with Gasteiger partial charge < -0.3 is 19.1 Å². The number of methoxy groups -OCH3 is 2. The van der Waals surface area contributed by atoms with E-state index in [2.05, 4.69) is 9.62 Å². The van der Waals surface area contributed by atoms with Crippen LogP contribution in [0.4, 0.5) is 10.1 Å². The topological polar surface area (TPSA) is 77.1 Å². The lowest BCUT2D eigenvalue weighted by Crippen LogP contribution is -2.21. The summed E-state index contributed by atoms with van der Waals surface area (Å²) in [5, 5.41) is 0.187.